The van der Waals surface area contributed by atoms with Gasteiger partial charge in [0.1, 0.15) is 18.3 Å². The zero-order valence-corrected chi connectivity index (χ0v) is 26.8. The molecule has 0 fully saturated rings. The van der Waals surface area contributed by atoms with Gasteiger partial charge in [-0.1, -0.05) is 72.6 Å². The lowest BCUT2D eigenvalue weighted by Crippen LogP contribution is -2.54. The molecular weight excluding hydrogens is 597 g/mol. The molecule has 2 atom stereocenters. The Labute approximate surface area is 258 Å². The summed E-state index contributed by atoms with van der Waals surface area (Å²) >= 11 is 12.6. The maximum Gasteiger partial charge on any atom is 0.244 e. The Morgan fingerprint density at radius 3 is 2.31 bits per heavy atom. The summed E-state index contributed by atoms with van der Waals surface area (Å²) in [7, 11) is -2.52. The lowest BCUT2D eigenvalue weighted by atomic mass is 10.0. The van der Waals surface area contributed by atoms with Gasteiger partial charge in [0.15, 0.2) is 0 Å². The molecule has 0 saturated heterocycles. The lowest BCUT2D eigenvalue weighted by molar-refractivity contribution is -0.140. The first-order chi connectivity index (χ1) is 19.8. The first kappa shape index (κ1) is 33.2. The molecule has 1 N–H and O–H groups in total. The molecule has 0 aliphatic carbocycles. The molecule has 0 radical (unpaired) electrons. The lowest BCUT2D eigenvalue weighted by Gasteiger charge is -2.34. The first-order valence-corrected chi connectivity index (χ1v) is 16.1. The normalized spacial score (nSPS) is 12.7. The number of sulfonamides is 1. The largest absolute Gasteiger partial charge is 0.495 e. The van der Waals surface area contributed by atoms with E-state index in [0.29, 0.717) is 27.8 Å². The Kier molecular flexibility index (Phi) is 11.7. The van der Waals surface area contributed by atoms with Crippen LogP contribution in [0.5, 0.6) is 5.75 Å². The summed E-state index contributed by atoms with van der Waals surface area (Å²) in [4.78, 5) is 29.4. The number of amides is 2. The first-order valence-electron chi connectivity index (χ1n) is 13.5. The molecule has 0 unspecified atom stereocenters. The summed E-state index contributed by atoms with van der Waals surface area (Å²) < 4.78 is 32.6. The second-order valence-electron chi connectivity index (χ2n) is 10.2. The highest BCUT2D eigenvalue weighted by Gasteiger charge is 2.34. The fourth-order valence-corrected chi connectivity index (χ4v) is 5.73. The van der Waals surface area contributed by atoms with Crippen LogP contribution >= 0.6 is 23.2 Å². The van der Waals surface area contributed by atoms with Crippen molar-refractivity contribution in [1.82, 2.24) is 10.2 Å². The highest BCUT2D eigenvalue weighted by molar-refractivity contribution is 7.92. The van der Waals surface area contributed by atoms with Crippen molar-refractivity contribution in [1.29, 1.82) is 0 Å². The standard InChI is InChI=1S/C31H37Cl2N3O5S/c1-6-22(3)34-31(38)28(17-23-10-8-7-9-11-23)35(19-24-13-14-25(32)18-26(24)33)30(37)20-36(42(5,39)40)27-16-21(2)12-15-29(27)41-4/h7-16,18,22,28H,6,17,19-20H2,1-5H3,(H,34,38)/t22-,28+/m1/s1. The molecule has 3 aromatic carbocycles. The fraction of sp³-hybridized carbons (Fsp3) is 0.355. The molecule has 11 heteroatoms. The minimum absolute atomic E-state index is 0.0528. The van der Waals surface area contributed by atoms with E-state index in [9.17, 15) is 18.0 Å². The van der Waals surface area contributed by atoms with Crippen LogP contribution in [0.3, 0.4) is 0 Å². The molecule has 2 amide bonds. The van der Waals surface area contributed by atoms with Crippen molar-refractivity contribution in [3.63, 3.8) is 0 Å². The van der Waals surface area contributed by atoms with Crippen molar-refractivity contribution in [2.75, 3.05) is 24.2 Å². The van der Waals surface area contributed by atoms with Gasteiger partial charge in [-0.25, -0.2) is 8.42 Å². The van der Waals surface area contributed by atoms with E-state index < -0.39 is 28.5 Å². The summed E-state index contributed by atoms with van der Waals surface area (Å²) in [6, 6.07) is 18.2. The average molecular weight is 635 g/mol. The minimum Gasteiger partial charge on any atom is -0.495 e. The van der Waals surface area contributed by atoms with E-state index in [4.69, 9.17) is 27.9 Å². The SMILES string of the molecule is CC[C@@H](C)NC(=O)[C@H](Cc1ccccc1)N(Cc1ccc(Cl)cc1Cl)C(=O)CN(c1cc(C)ccc1OC)S(C)(=O)=O. The quantitative estimate of drug-likeness (QED) is 0.263. The van der Waals surface area contributed by atoms with Crippen molar-refractivity contribution in [2.24, 2.45) is 0 Å². The van der Waals surface area contributed by atoms with Gasteiger partial charge < -0.3 is 15.0 Å². The third kappa shape index (κ3) is 8.86. The highest BCUT2D eigenvalue weighted by atomic mass is 35.5. The summed E-state index contributed by atoms with van der Waals surface area (Å²) in [5.41, 5.74) is 2.40. The Bertz CT molecular complexity index is 1500. The zero-order chi connectivity index (χ0) is 31.0. The van der Waals surface area contributed by atoms with Gasteiger partial charge in [-0.15, -0.1) is 0 Å². The number of benzene rings is 3. The number of aryl methyl sites for hydroxylation is 1. The number of nitrogens with zero attached hydrogens (tertiary/aromatic N) is 2. The van der Waals surface area contributed by atoms with E-state index in [1.807, 2.05) is 51.1 Å². The van der Waals surface area contributed by atoms with Crippen LogP contribution in [-0.2, 0) is 32.6 Å². The van der Waals surface area contributed by atoms with Gasteiger partial charge in [-0.05, 0) is 61.2 Å². The number of ether oxygens (including phenoxy) is 1. The van der Waals surface area contributed by atoms with Crippen LogP contribution in [0.1, 0.15) is 37.0 Å². The predicted molar refractivity (Wildman–Crippen MR) is 169 cm³/mol. The molecule has 0 saturated carbocycles. The zero-order valence-electron chi connectivity index (χ0n) is 24.4. The van der Waals surface area contributed by atoms with Crippen LogP contribution in [-0.4, -0.2) is 57.1 Å². The summed E-state index contributed by atoms with van der Waals surface area (Å²) in [5.74, 6) is -0.651. The fourth-order valence-electron chi connectivity index (χ4n) is 4.42. The van der Waals surface area contributed by atoms with Crippen LogP contribution in [0.4, 0.5) is 5.69 Å². The molecule has 3 rings (SSSR count). The molecule has 8 nitrogen and oxygen atoms in total. The topological polar surface area (TPSA) is 96.0 Å². The Morgan fingerprint density at radius 1 is 1.02 bits per heavy atom. The molecule has 42 heavy (non-hydrogen) atoms. The molecule has 0 aliphatic heterocycles. The Hall–Kier alpha value is -3.27. The molecule has 0 aromatic heterocycles. The number of anilines is 1. The maximum atomic E-state index is 14.3. The number of methoxy groups -OCH3 is 1. The van der Waals surface area contributed by atoms with Gasteiger partial charge in [-0.2, -0.15) is 0 Å². The third-order valence-corrected chi connectivity index (χ3v) is 8.62. The number of rotatable bonds is 13. The van der Waals surface area contributed by atoms with Crippen LogP contribution < -0.4 is 14.4 Å². The monoisotopic (exact) mass is 633 g/mol. The Balaban J connectivity index is 2.13. The van der Waals surface area contributed by atoms with Gasteiger partial charge in [0.25, 0.3) is 0 Å². The number of hydrogen-bond donors (Lipinski definition) is 1. The van der Waals surface area contributed by atoms with Gasteiger partial charge >= 0.3 is 0 Å². The van der Waals surface area contributed by atoms with Crippen molar-refractivity contribution >= 4 is 50.7 Å². The van der Waals surface area contributed by atoms with Crippen molar-refractivity contribution in [2.45, 2.75) is 52.2 Å². The van der Waals surface area contributed by atoms with Crippen LogP contribution in [0, 0.1) is 6.92 Å². The summed E-state index contributed by atoms with van der Waals surface area (Å²) in [5, 5.41) is 3.74. The summed E-state index contributed by atoms with van der Waals surface area (Å²) in [6.07, 6.45) is 1.92. The van der Waals surface area contributed by atoms with E-state index in [1.165, 1.54) is 12.0 Å². The number of nitrogens with one attached hydrogen (secondary N) is 1. The number of carbonyl (C=O) groups excluding carboxylic acids is 2. The smallest absolute Gasteiger partial charge is 0.244 e. The number of carbonyl (C=O) groups is 2. The number of hydrogen-bond acceptors (Lipinski definition) is 5. The Morgan fingerprint density at radius 2 is 1.71 bits per heavy atom. The van der Waals surface area contributed by atoms with E-state index in [2.05, 4.69) is 5.32 Å². The molecular formula is C31H37Cl2N3O5S. The number of halogens is 2. The molecule has 226 valence electrons. The van der Waals surface area contributed by atoms with Crippen molar-refractivity contribution < 1.29 is 22.7 Å². The molecule has 0 spiro atoms. The highest BCUT2D eigenvalue weighted by Crippen LogP contribution is 2.32. The van der Waals surface area contributed by atoms with Gasteiger partial charge in [0.2, 0.25) is 21.8 Å². The van der Waals surface area contributed by atoms with E-state index in [-0.39, 0.29) is 30.6 Å². The molecule has 0 aliphatic rings. The minimum atomic E-state index is -3.95. The van der Waals surface area contributed by atoms with E-state index >= 15 is 0 Å². The van der Waals surface area contributed by atoms with E-state index in [1.54, 1.807) is 36.4 Å². The van der Waals surface area contributed by atoms with E-state index in [0.717, 1.165) is 21.7 Å². The maximum absolute atomic E-state index is 14.3. The molecule has 0 heterocycles. The van der Waals surface area contributed by atoms with Crippen molar-refractivity contribution in [3.05, 3.63) is 93.5 Å². The van der Waals surface area contributed by atoms with Crippen LogP contribution in [0.25, 0.3) is 0 Å². The van der Waals surface area contributed by atoms with Gasteiger partial charge in [-0.3, -0.25) is 13.9 Å². The van der Waals surface area contributed by atoms with Gasteiger partial charge in [0, 0.05) is 29.1 Å². The second-order valence-corrected chi connectivity index (χ2v) is 13.0. The average Bonchev–Trinajstić information content (AvgIpc) is 2.94. The third-order valence-electron chi connectivity index (χ3n) is 6.91. The van der Waals surface area contributed by atoms with Crippen molar-refractivity contribution in [3.8, 4) is 5.75 Å². The predicted octanol–water partition coefficient (Wildman–Crippen LogP) is 5.63. The molecule has 0 bridgehead atoms. The van der Waals surface area contributed by atoms with Gasteiger partial charge in [0.05, 0.1) is 19.1 Å². The van der Waals surface area contributed by atoms with Crippen LogP contribution in [0.2, 0.25) is 10.0 Å². The van der Waals surface area contributed by atoms with Crippen LogP contribution in [0.15, 0.2) is 66.7 Å². The summed E-state index contributed by atoms with van der Waals surface area (Å²) in [6.45, 7) is 5.03. The second kappa shape index (κ2) is 14.8. The molecule has 3 aromatic rings.